The molecule has 1 saturated heterocycles. The summed E-state index contributed by atoms with van der Waals surface area (Å²) in [5.41, 5.74) is 1.01. The molecule has 1 aliphatic heterocycles. The second kappa shape index (κ2) is 3.97. The lowest BCUT2D eigenvalue weighted by molar-refractivity contribution is 0.0797. The zero-order valence-corrected chi connectivity index (χ0v) is 10.7. The standard InChI is InChI=1S/C13H13F2N5/c14-13(15)10-7-19(8-11(10)13)12-2-1-9(5-16-12)6-20-4-3-17-18-20/h1-5,10-11H,6-8H2. The average Bonchev–Trinajstić information content (AvgIpc) is 2.94. The van der Waals surface area contributed by atoms with Gasteiger partial charge in [0.2, 0.25) is 0 Å². The van der Waals surface area contributed by atoms with Crippen LogP contribution in [0.1, 0.15) is 5.56 Å². The van der Waals surface area contributed by atoms with E-state index >= 15 is 0 Å². The number of hydrogen-bond donors (Lipinski definition) is 0. The van der Waals surface area contributed by atoms with Crippen LogP contribution in [0, 0.1) is 11.8 Å². The van der Waals surface area contributed by atoms with Gasteiger partial charge in [0.1, 0.15) is 5.82 Å². The molecule has 0 aromatic carbocycles. The van der Waals surface area contributed by atoms with Crippen molar-refractivity contribution in [3.8, 4) is 0 Å². The van der Waals surface area contributed by atoms with E-state index in [2.05, 4.69) is 15.3 Å². The van der Waals surface area contributed by atoms with Crippen molar-refractivity contribution in [3.05, 3.63) is 36.3 Å². The van der Waals surface area contributed by atoms with Gasteiger partial charge in [-0.25, -0.2) is 18.4 Å². The SMILES string of the molecule is FC1(F)C2CN(c3ccc(Cn4ccnn4)cn3)CC21. The number of pyridine rings is 1. The van der Waals surface area contributed by atoms with Crippen LogP contribution in [0.3, 0.4) is 0 Å². The summed E-state index contributed by atoms with van der Waals surface area (Å²) in [6, 6.07) is 3.83. The lowest BCUT2D eigenvalue weighted by atomic mass is 10.2. The first kappa shape index (κ1) is 11.7. The number of hydrogen-bond acceptors (Lipinski definition) is 4. The van der Waals surface area contributed by atoms with Gasteiger partial charge in [0.15, 0.2) is 0 Å². The van der Waals surface area contributed by atoms with Crippen LogP contribution < -0.4 is 4.90 Å². The van der Waals surface area contributed by atoms with Crippen molar-refractivity contribution in [2.45, 2.75) is 12.5 Å². The molecule has 0 amide bonds. The number of piperidine rings is 1. The van der Waals surface area contributed by atoms with E-state index < -0.39 is 17.8 Å². The number of nitrogens with zero attached hydrogens (tertiary/aromatic N) is 5. The van der Waals surface area contributed by atoms with Crippen LogP contribution in [0.2, 0.25) is 0 Å². The molecule has 3 heterocycles. The molecule has 2 aromatic rings. The lowest BCUT2D eigenvalue weighted by Crippen LogP contribution is -2.28. The van der Waals surface area contributed by atoms with Crippen molar-refractivity contribution in [3.63, 3.8) is 0 Å². The van der Waals surface area contributed by atoms with Crippen LogP contribution in [0.4, 0.5) is 14.6 Å². The van der Waals surface area contributed by atoms with Gasteiger partial charge < -0.3 is 4.90 Å². The molecule has 2 aromatic heterocycles. The monoisotopic (exact) mass is 277 g/mol. The Balaban J connectivity index is 1.44. The zero-order valence-electron chi connectivity index (χ0n) is 10.7. The summed E-state index contributed by atoms with van der Waals surface area (Å²) in [6.45, 7) is 1.43. The molecule has 0 radical (unpaired) electrons. The third-order valence-corrected chi connectivity index (χ3v) is 4.15. The van der Waals surface area contributed by atoms with Crippen molar-refractivity contribution in [2.75, 3.05) is 18.0 Å². The van der Waals surface area contributed by atoms with E-state index in [1.54, 1.807) is 23.3 Å². The minimum Gasteiger partial charge on any atom is -0.356 e. The Morgan fingerprint density at radius 1 is 1.25 bits per heavy atom. The second-order valence-electron chi connectivity index (χ2n) is 5.42. The molecule has 20 heavy (non-hydrogen) atoms. The maximum absolute atomic E-state index is 13.1. The molecule has 5 nitrogen and oxygen atoms in total. The molecule has 2 unspecified atom stereocenters. The fourth-order valence-electron chi connectivity index (χ4n) is 2.90. The summed E-state index contributed by atoms with van der Waals surface area (Å²) in [5.74, 6) is -2.61. The van der Waals surface area contributed by atoms with Crippen LogP contribution in [-0.2, 0) is 6.54 Å². The first-order valence-corrected chi connectivity index (χ1v) is 6.56. The maximum atomic E-state index is 13.1. The molecule has 104 valence electrons. The fraction of sp³-hybridized carbons (Fsp3) is 0.462. The Morgan fingerprint density at radius 2 is 2.05 bits per heavy atom. The average molecular weight is 277 g/mol. The van der Waals surface area contributed by atoms with Gasteiger partial charge in [0, 0.05) is 25.5 Å². The molecule has 7 heteroatoms. The molecule has 2 atom stereocenters. The normalized spacial score (nSPS) is 26.6. The van der Waals surface area contributed by atoms with Gasteiger partial charge in [0.05, 0.1) is 24.6 Å². The third-order valence-electron chi connectivity index (χ3n) is 4.15. The Kier molecular flexibility index (Phi) is 2.33. The highest BCUT2D eigenvalue weighted by molar-refractivity contribution is 5.44. The first-order chi connectivity index (χ1) is 9.64. The lowest BCUT2D eigenvalue weighted by Gasteiger charge is -2.20. The van der Waals surface area contributed by atoms with Gasteiger partial charge in [-0.15, -0.1) is 5.10 Å². The quantitative estimate of drug-likeness (QED) is 0.851. The van der Waals surface area contributed by atoms with Crippen molar-refractivity contribution in [1.82, 2.24) is 20.0 Å². The summed E-state index contributed by atoms with van der Waals surface area (Å²) < 4.78 is 28.0. The Bertz CT molecular complexity index is 596. The second-order valence-corrected chi connectivity index (χ2v) is 5.42. The van der Waals surface area contributed by atoms with Crippen LogP contribution in [0.5, 0.6) is 0 Å². The van der Waals surface area contributed by atoms with Crippen molar-refractivity contribution in [2.24, 2.45) is 11.8 Å². The van der Waals surface area contributed by atoms with Gasteiger partial charge in [-0.05, 0) is 11.6 Å². The van der Waals surface area contributed by atoms with Gasteiger partial charge in [-0.3, -0.25) is 0 Å². The number of fused-ring (bicyclic) bond motifs is 1. The van der Waals surface area contributed by atoms with E-state index in [1.807, 2.05) is 17.0 Å². The third kappa shape index (κ3) is 1.76. The van der Waals surface area contributed by atoms with E-state index in [-0.39, 0.29) is 0 Å². The van der Waals surface area contributed by atoms with E-state index in [0.717, 1.165) is 11.4 Å². The summed E-state index contributed by atoms with van der Waals surface area (Å²) in [6.07, 6.45) is 5.17. The maximum Gasteiger partial charge on any atom is 0.258 e. The summed E-state index contributed by atoms with van der Waals surface area (Å²) >= 11 is 0. The first-order valence-electron chi connectivity index (χ1n) is 6.56. The number of alkyl halides is 2. The Hall–Kier alpha value is -2.05. The van der Waals surface area contributed by atoms with Crippen molar-refractivity contribution in [1.29, 1.82) is 0 Å². The molecule has 2 aliphatic rings. The Labute approximate surface area is 114 Å². The molecule has 0 N–H and O–H groups in total. The highest BCUT2D eigenvalue weighted by Gasteiger charge is 2.71. The molecular formula is C13H13F2N5. The highest BCUT2D eigenvalue weighted by Crippen LogP contribution is 2.59. The van der Waals surface area contributed by atoms with Crippen LogP contribution in [0.15, 0.2) is 30.7 Å². The largest absolute Gasteiger partial charge is 0.356 e. The van der Waals surface area contributed by atoms with Crippen LogP contribution in [-0.4, -0.2) is 39.0 Å². The molecule has 1 aliphatic carbocycles. The van der Waals surface area contributed by atoms with E-state index in [9.17, 15) is 8.78 Å². The number of rotatable bonds is 3. The minimum atomic E-state index is -2.44. The molecule has 0 bridgehead atoms. The predicted octanol–water partition coefficient (Wildman–Crippen LogP) is 1.42. The van der Waals surface area contributed by atoms with Gasteiger partial charge in [-0.1, -0.05) is 11.3 Å². The van der Waals surface area contributed by atoms with Crippen LogP contribution in [0.25, 0.3) is 0 Å². The summed E-state index contributed by atoms with van der Waals surface area (Å²) in [4.78, 5) is 6.30. The summed E-state index contributed by atoms with van der Waals surface area (Å²) in [7, 11) is 0. The smallest absolute Gasteiger partial charge is 0.258 e. The van der Waals surface area contributed by atoms with Gasteiger partial charge in [-0.2, -0.15) is 0 Å². The molecule has 1 saturated carbocycles. The van der Waals surface area contributed by atoms with Crippen molar-refractivity contribution >= 4 is 5.82 Å². The minimum absolute atomic E-state index is 0.410. The summed E-state index contributed by atoms with van der Waals surface area (Å²) in [5, 5.41) is 7.63. The number of aromatic nitrogens is 4. The fourth-order valence-corrected chi connectivity index (χ4v) is 2.90. The van der Waals surface area contributed by atoms with E-state index in [0.29, 0.717) is 19.6 Å². The molecule has 0 spiro atoms. The van der Waals surface area contributed by atoms with E-state index in [1.165, 1.54) is 0 Å². The van der Waals surface area contributed by atoms with Crippen molar-refractivity contribution < 1.29 is 8.78 Å². The van der Waals surface area contributed by atoms with Gasteiger partial charge in [0.25, 0.3) is 5.92 Å². The predicted molar refractivity (Wildman–Crippen MR) is 67.5 cm³/mol. The highest BCUT2D eigenvalue weighted by atomic mass is 19.3. The topological polar surface area (TPSA) is 46.8 Å². The Morgan fingerprint density at radius 3 is 2.65 bits per heavy atom. The molecule has 2 fully saturated rings. The van der Waals surface area contributed by atoms with E-state index in [4.69, 9.17) is 0 Å². The van der Waals surface area contributed by atoms with Gasteiger partial charge >= 0.3 is 0 Å². The number of halogens is 2. The molecular weight excluding hydrogens is 264 g/mol. The number of anilines is 1. The molecule has 4 rings (SSSR count). The van der Waals surface area contributed by atoms with Crippen LogP contribution >= 0.6 is 0 Å². The zero-order chi connectivity index (χ0) is 13.7.